The molecule has 96 valence electrons. The second kappa shape index (κ2) is 4.38. The van der Waals surface area contributed by atoms with Crippen molar-refractivity contribution in [2.75, 3.05) is 27.2 Å². The van der Waals surface area contributed by atoms with Crippen molar-refractivity contribution in [2.24, 2.45) is 0 Å². The highest BCUT2D eigenvalue weighted by molar-refractivity contribution is 6.05. The Hall–Kier alpha value is -0.940. The van der Waals surface area contributed by atoms with E-state index in [9.17, 15) is 9.59 Å². The Labute approximate surface area is 102 Å². The Balaban J connectivity index is 1.98. The Morgan fingerprint density at radius 3 is 2.29 bits per heavy atom. The van der Waals surface area contributed by atoms with Crippen LogP contribution in [-0.4, -0.2) is 60.4 Å². The van der Waals surface area contributed by atoms with E-state index >= 15 is 0 Å². The summed E-state index contributed by atoms with van der Waals surface area (Å²) in [7, 11) is 3.56. The van der Waals surface area contributed by atoms with Crippen LogP contribution in [0.2, 0.25) is 0 Å². The number of carbonyl (C=O) groups excluding carboxylic acids is 2. The van der Waals surface area contributed by atoms with Crippen molar-refractivity contribution in [3.63, 3.8) is 0 Å². The first kappa shape index (κ1) is 12.5. The van der Waals surface area contributed by atoms with Gasteiger partial charge in [0, 0.05) is 25.7 Å². The van der Waals surface area contributed by atoms with Gasteiger partial charge in [-0.1, -0.05) is 0 Å². The van der Waals surface area contributed by atoms with Gasteiger partial charge in [0.15, 0.2) is 0 Å². The van der Waals surface area contributed by atoms with Crippen LogP contribution in [0.3, 0.4) is 0 Å². The number of likely N-dealkylation sites (N-methyl/N-ethyl adjacent to an activating group) is 1. The summed E-state index contributed by atoms with van der Waals surface area (Å²) in [5, 5.41) is 3.33. The van der Waals surface area contributed by atoms with Crippen molar-refractivity contribution in [3.8, 4) is 0 Å². The average Bonchev–Trinajstić information content (AvgIpc) is 2.58. The molecular weight excluding hydrogens is 218 g/mol. The van der Waals surface area contributed by atoms with Crippen LogP contribution >= 0.6 is 0 Å². The molecule has 0 spiro atoms. The lowest BCUT2D eigenvalue weighted by atomic mass is 9.89. The standard InChI is InChI=1S/C12H21N3O2/c1-12(13-2)4-6-15(7-5-12)9-8-10(16)14(3)11(9)17/h9,13H,4-8H2,1-3H3. The molecule has 0 bridgehead atoms. The first-order valence-corrected chi connectivity index (χ1v) is 6.20. The monoisotopic (exact) mass is 239 g/mol. The molecule has 1 atom stereocenters. The van der Waals surface area contributed by atoms with Crippen LogP contribution in [0.25, 0.3) is 0 Å². The van der Waals surface area contributed by atoms with Gasteiger partial charge in [0.25, 0.3) is 0 Å². The number of hydrogen-bond acceptors (Lipinski definition) is 4. The minimum Gasteiger partial charge on any atom is -0.314 e. The molecule has 0 aromatic heterocycles. The van der Waals surface area contributed by atoms with Gasteiger partial charge in [0.1, 0.15) is 0 Å². The second-order valence-corrected chi connectivity index (χ2v) is 5.36. The van der Waals surface area contributed by atoms with E-state index in [-0.39, 0.29) is 23.4 Å². The fourth-order valence-electron chi connectivity index (χ4n) is 2.60. The maximum Gasteiger partial charge on any atom is 0.246 e. The zero-order chi connectivity index (χ0) is 12.6. The third kappa shape index (κ3) is 2.21. The number of piperidine rings is 1. The molecule has 1 N–H and O–H groups in total. The molecule has 17 heavy (non-hydrogen) atoms. The van der Waals surface area contributed by atoms with Gasteiger partial charge >= 0.3 is 0 Å². The maximum atomic E-state index is 11.9. The molecule has 2 fully saturated rings. The summed E-state index contributed by atoms with van der Waals surface area (Å²) in [4.78, 5) is 26.8. The summed E-state index contributed by atoms with van der Waals surface area (Å²) in [6.07, 6.45) is 2.39. The Bertz CT molecular complexity index is 335. The SMILES string of the molecule is CNC1(C)CCN(C2CC(=O)N(C)C2=O)CC1. The van der Waals surface area contributed by atoms with Gasteiger partial charge in [-0.2, -0.15) is 0 Å². The molecule has 0 aliphatic carbocycles. The van der Waals surface area contributed by atoms with Crippen LogP contribution in [0.5, 0.6) is 0 Å². The van der Waals surface area contributed by atoms with Gasteiger partial charge in [-0.25, -0.2) is 0 Å². The van der Waals surface area contributed by atoms with Gasteiger partial charge < -0.3 is 5.32 Å². The number of nitrogens with one attached hydrogen (secondary N) is 1. The highest BCUT2D eigenvalue weighted by Gasteiger charge is 2.42. The molecule has 2 aliphatic heterocycles. The number of nitrogens with zero attached hydrogens (tertiary/aromatic N) is 2. The van der Waals surface area contributed by atoms with E-state index in [0.29, 0.717) is 6.42 Å². The lowest BCUT2D eigenvalue weighted by Gasteiger charge is -2.40. The highest BCUT2D eigenvalue weighted by atomic mass is 16.2. The fraction of sp³-hybridized carbons (Fsp3) is 0.833. The molecule has 5 heteroatoms. The van der Waals surface area contributed by atoms with Crippen LogP contribution in [0.1, 0.15) is 26.2 Å². The van der Waals surface area contributed by atoms with Crippen molar-refractivity contribution in [3.05, 3.63) is 0 Å². The van der Waals surface area contributed by atoms with Crippen molar-refractivity contribution < 1.29 is 9.59 Å². The molecule has 2 amide bonds. The highest BCUT2D eigenvalue weighted by Crippen LogP contribution is 2.26. The molecule has 2 aliphatic rings. The zero-order valence-corrected chi connectivity index (χ0v) is 10.8. The minimum absolute atomic E-state index is 0.0388. The quantitative estimate of drug-likeness (QED) is 0.679. The van der Waals surface area contributed by atoms with E-state index in [4.69, 9.17) is 0 Å². The molecule has 5 nitrogen and oxygen atoms in total. The third-order valence-corrected chi connectivity index (χ3v) is 4.30. The van der Waals surface area contributed by atoms with E-state index < -0.39 is 0 Å². The predicted molar refractivity (Wildman–Crippen MR) is 64.5 cm³/mol. The van der Waals surface area contributed by atoms with Crippen LogP contribution in [-0.2, 0) is 9.59 Å². The minimum atomic E-state index is -0.214. The topological polar surface area (TPSA) is 52.7 Å². The summed E-state index contributed by atoms with van der Waals surface area (Å²) in [6, 6.07) is -0.214. The van der Waals surface area contributed by atoms with Crippen molar-refractivity contribution in [1.29, 1.82) is 0 Å². The summed E-state index contributed by atoms with van der Waals surface area (Å²) in [5.41, 5.74) is 0.175. The number of imide groups is 1. The van der Waals surface area contributed by atoms with Gasteiger partial charge in [0.05, 0.1) is 12.5 Å². The number of likely N-dealkylation sites (tertiary alicyclic amines) is 2. The van der Waals surface area contributed by atoms with Crippen molar-refractivity contribution in [1.82, 2.24) is 15.1 Å². The van der Waals surface area contributed by atoms with E-state index in [2.05, 4.69) is 17.1 Å². The second-order valence-electron chi connectivity index (χ2n) is 5.36. The van der Waals surface area contributed by atoms with E-state index in [0.717, 1.165) is 25.9 Å². The molecule has 2 rings (SSSR count). The Kier molecular flexibility index (Phi) is 3.23. The number of amides is 2. The molecule has 2 saturated heterocycles. The summed E-state index contributed by atoms with van der Waals surface area (Å²) >= 11 is 0. The largest absolute Gasteiger partial charge is 0.314 e. The molecule has 0 aromatic rings. The molecule has 2 heterocycles. The average molecular weight is 239 g/mol. The number of rotatable bonds is 2. The van der Waals surface area contributed by atoms with Crippen molar-refractivity contribution in [2.45, 2.75) is 37.8 Å². The summed E-state index contributed by atoms with van der Waals surface area (Å²) < 4.78 is 0. The van der Waals surface area contributed by atoms with Crippen LogP contribution in [0, 0.1) is 0 Å². The molecule has 0 radical (unpaired) electrons. The Morgan fingerprint density at radius 1 is 1.29 bits per heavy atom. The third-order valence-electron chi connectivity index (χ3n) is 4.30. The maximum absolute atomic E-state index is 11.9. The van der Waals surface area contributed by atoms with E-state index in [1.165, 1.54) is 4.90 Å². The number of hydrogen-bond donors (Lipinski definition) is 1. The molecule has 0 aromatic carbocycles. The molecular formula is C12H21N3O2. The normalized spacial score (nSPS) is 30.1. The van der Waals surface area contributed by atoms with Gasteiger partial charge in [-0.15, -0.1) is 0 Å². The smallest absolute Gasteiger partial charge is 0.246 e. The zero-order valence-electron chi connectivity index (χ0n) is 10.8. The first-order chi connectivity index (χ1) is 7.97. The molecule has 1 unspecified atom stereocenters. The predicted octanol–water partition coefficient (Wildman–Crippen LogP) is -0.182. The van der Waals surface area contributed by atoms with Gasteiger partial charge in [-0.3, -0.25) is 19.4 Å². The molecule has 0 saturated carbocycles. The van der Waals surface area contributed by atoms with E-state index in [1.807, 2.05) is 7.05 Å². The Morgan fingerprint density at radius 2 is 1.88 bits per heavy atom. The fourth-order valence-corrected chi connectivity index (χ4v) is 2.60. The first-order valence-electron chi connectivity index (χ1n) is 6.20. The van der Waals surface area contributed by atoms with Crippen LogP contribution in [0.15, 0.2) is 0 Å². The lowest BCUT2D eigenvalue weighted by molar-refractivity contribution is -0.138. The number of carbonyl (C=O) groups is 2. The lowest BCUT2D eigenvalue weighted by Crippen LogP contribution is -2.53. The van der Waals surface area contributed by atoms with E-state index in [1.54, 1.807) is 7.05 Å². The summed E-state index contributed by atoms with van der Waals surface area (Å²) in [5.74, 6) is -0.0926. The van der Waals surface area contributed by atoms with Crippen LogP contribution < -0.4 is 5.32 Å². The van der Waals surface area contributed by atoms with Gasteiger partial charge in [0.2, 0.25) is 11.8 Å². The summed E-state index contributed by atoms with van der Waals surface area (Å²) in [6.45, 7) is 3.97. The van der Waals surface area contributed by atoms with Gasteiger partial charge in [-0.05, 0) is 26.8 Å². The van der Waals surface area contributed by atoms with Crippen LogP contribution in [0.4, 0.5) is 0 Å². The van der Waals surface area contributed by atoms with Crippen molar-refractivity contribution >= 4 is 11.8 Å².